The first-order valence-corrected chi connectivity index (χ1v) is 3.82. The zero-order chi connectivity index (χ0) is 8.55. The lowest BCUT2D eigenvalue weighted by Crippen LogP contribution is -2.40. The summed E-state index contributed by atoms with van der Waals surface area (Å²) in [6.07, 6.45) is 0. The van der Waals surface area contributed by atoms with Gasteiger partial charge in [0.1, 0.15) is 11.2 Å². The summed E-state index contributed by atoms with van der Waals surface area (Å²) in [7, 11) is 0. The van der Waals surface area contributed by atoms with Crippen LogP contribution in [-0.4, -0.2) is 17.0 Å². The molecule has 0 aliphatic carbocycles. The topological polar surface area (TPSA) is 57.9 Å². The van der Waals surface area contributed by atoms with Crippen LogP contribution in [0.3, 0.4) is 0 Å². The average Bonchev–Trinajstić information content (AvgIpc) is 2.07. The molecule has 0 fully saturated rings. The molecule has 0 saturated carbocycles. The minimum atomic E-state index is -0.0876. The summed E-state index contributed by atoms with van der Waals surface area (Å²) in [6, 6.07) is 5.13. The van der Waals surface area contributed by atoms with Crippen molar-refractivity contribution in [3.63, 3.8) is 0 Å². The van der Waals surface area contributed by atoms with Gasteiger partial charge in [-0.25, -0.2) is 0 Å². The van der Waals surface area contributed by atoms with Crippen molar-refractivity contribution in [2.24, 2.45) is 0 Å². The highest BCUT2D eigenvalue weighted by Gasteiger charge is 2.14. The Morgan fingerprint density at radius 3 is 3.08 bits per heavy atom. The zero-order valence-electron chi connectivity index (χ0n) is 6.50. The van der Waals surface area contributed by atoms with Crippen LogP contribution in [0, 0.1) is 5.41 Å². The Morgan fingerprint density at radius 2 is 2.33 bits per heavy atom. The van der Waals surface area contributed by atoms with Gasteiger partial charge in [0, 0.05) is 13.1 Å². The van der Waals surface area contributed by atoms with Crippen molar-refractivity contribution < 1.29 is 4.79 Å². The molecule has 0 radical (unpaired) electrons. The van der Waals surface area contributed by atoms with E-state index in [2.05, 4.69) is 5.32 Å². The number of amides is 1. The number of fused-ring (bicyclic) bond motifs is 1. The molecule has 1 aliphatic heterocycles. The lowest BCUT2D eigenvalue weighted by molar-refractivity contribution is 0.0925. The molecule has 1 aromatic rings. The molecule has 12 heavy (non-hydrogen) atoms. The van der Waals surface area contributed by atoms with Gasteiger partial charge in [-0.1, -0.05) is 6.07 Å². The highest BCUT2D eigenvalue weighted by atomic mass is 16.2. The number of nitrogens with zero attached hydrogens (tertiary/aromatic N) is 1. The standard InChI is InChI=1S/C8H9N3O/c9-7-3-1-2-6-8(12)10-4-5-11(6)7/h1-3,9H,4-5H2,(H,10,12). The Hall–Kier alpha value is -1.58. The van der Waals surface area contributed by atoms with E-state index < -0.39 is 0 Å². The van der Waals surface area contributed by atoms with Crippen LogP contribution in [0.4, 0.5) is 0 Å². The van der Waals surface area contributed by atoms with E-state index in [-0.39, 0.29) is 5.91 Å². The molecule has 0 saturated heterocycles. The van der Waals surface area contributed by atoms with E-state index in [1.807, 2.05) is 0 Å². The number of pyridine rings is 1. The van der Waals surface area contributed by atoms with E-state index in [9.17, 15) is 4.79 Å². The van der Waals surface area contributed by atoms with Gasteiger partial charge in [-0.05, 0) is 12.1 Å². The zero-order valence-corrected chi connectivity index (χ0v) is 6.50. The van der Waals surface area contributed by atoms with Gasteiger partial charge >= 0.3 is 0 Å². The van der Waals surface area contributed by atoms with Crippen LogP contribution < -0.4 is 10.8 Å². The maximum absolute atomic E-state index is 11.2. The van der Waals surface area contributed by atoms with Gasteiger partial charge < -0.3 is 9.88 Å². The maximum atomic E-state index is 11.2. The number of hydrogen-bond donors (Lipinski definition) is 2. The van der Waals surface area contributed by atoms with Crippen molar-refractivity contribution in [1.29, 1.82) is 5.41 Å². The fraction of sp³-hybridized carbons (Fsp3) is 0.250. The quantitative estimate of drug-likeness (QED) is 0.542. The first-order chi connectivity index (χ1) is 5.79. The number of rotatable bonds is 0. The second-order valence-corrected chi connectivity index (χ2v) is 2.70. The Kier molecular flexibility index (Phi) is 1.46. The van der Waals surface area contributed by atoms with Gasteiger partial charge in [0.25, 0.3) is 5.91 Å². The van der Waals surface area contributed by atoms with Gasteiger partial charge in [-0.3, -0.25) is 10.2 Å². The summed E-state index contributed by atoms with van der Waals surface area (Å²) in [5, 5.41) is 10.2. The predicted molar refractivity (Wildman–Crippen MR) is 42.6 cm³/mol. The third-order valence-electron chi connectivity index (χ3n) is 1.94. The highest BCUT2D eigenvalue weighted by molar-refractivity contribution is 5.93. The molecular weight excluding hydrogens is 154 g/mol. The molecule has 0 spiro atoms. The fourth-order valence-corrected chi connectivity index (χ4v) is 1.35. The Labute approximate surface area is 69.3 Å². The fourth-order valence-electron chi connectivity index (χ4n) is 1.35. The highest BCUT2D eigenvalue weighted by Crippen LogP contribution is 1.99. The molecule has 1 aliphatic rings. The third-order valence-corrected chi connectivity index (χ3v) is 1.94. The molecule has 1 amide bonds. The van der Waals surface area contributed by atoms with Crippen LogP contribution in [0.5, 0.6) is 0 Å². The summed E-state index contributed by atoms with van der Waals surface area (Å²) in [6.45, 7) is 1.31. The Morgan fingerprint density at radius 1 is 1.50 bits per heavy atom. The van der Waals surface area contributed by atoms with E-state index in [1.54, 1.807) is 22.8 Å². The monoisotopic (exact) mass is 163 g/mol. The Balaban J connectivity index is 2.67. The van der Waals surface area contributed by atoms with Gasteiger partial charge in [0.15, 0.2) is 0 Å². The number of aromatic nitrogens is 1. The van der Waals surface area contributed by atoms with Gasteiger partial charge in [0.2, 0.25) is 0 Å². The van der Waals surface area contributed by atoms with Gasteiger partial charge in [-0.2, -0.15) is 0 Å². The molecule has 2 heterocycles. The van der Waals surface area contributed by atoms with Crippen molar-refractivity contribution in [2.75, 3.05) is 6.54 Å². The van der Waals surface area contributed by atoms with Crippen LogP contribution in [-0.2, 0) is 6.54 Å². The minimum absolute atomic E-state index is 0.0876. The predicted octanol–water partition coefficient (Wildman–Crippen LogP) is -0.289. The Bertz CT molecular complexity index is 380. The second kappa shape index (κ2) is 2.48. The van der Waals surface area contributed by atoms with Crippen LogP contribution in [0.2, 0.25) is 0 Å². The smallest absolute Gasteiger partial charge is 0.268 e. The molecule has 0 aromatic carbocycles. The molecule has 2 N–H and O–H groups in total. The van der Waals surface area contributed by atoms with Gasteiger partial charge in [0.05, 0.1) is 0 Å². The largest absolute Gasteiger partial charge is 0.349 e. The van der Waals surface area contributed by atoms with Crippen molar-refractivity contribution in [1.82, 2.24) is 9.88 Å². The normalized spacial score (nSPS) is 15.2. The number of nitrogens with one attached hydrogen (secondary N) is 2. The van der Waals surface area contributed by atoms with E-state index in [0.29, 0.717) is 24.3 Å². The molecule has 4 heteroatoms. The third kappa shape index (κ3) is 0.922. The SMILES string of the molecule is N=c1cccc2n1CCNC2=O. The number of hydrogen-bond acceptors (Lipinski definition) is 2. The molecule has 0 atom stereocenters. The lowest BCUT2D eigenvalue weighted by atomic mass is 10.2. The van der Waals surface area contributed by atoms with Crippen molar-refractivity contribution in [2.45, 2.75) is 6.54 Å². The first kappa shape index (κ1) is 7.09. The lowest BCUT2D eigenvalue weighted by Gasteiger charge is -2.18. The van der Waals surface area contributed by atoms with Crippen LogP contribution in [0.25, 0.3) is 0 Å². The number of carbonyl (C=O) groups excluding carboxylic acids is 1. The maximum Gasteiger partial charge on any atom is 0.268 e. The van der Waals surface area contributed by atoms with Crippen molar-refractivity contribution >= 4 is 5.91 Å². The molecule has 62 valence electrons. The van der Waals surface area contributed by atoms with E-state index in [1.165, 1.54) is 0 Å². The molecular formula is C8H9N3O. The van der Waals surface area contributed by atoms with Crippen molar-refractivity contribution in [3.8, 4) is 0 Å². The molecule has 4 nitrogen and oxygen atoms in total. The molecule has 2 rings (SSSR count). The summed E-state index contributed by atoms with van der Waals surface area (Å²) in [5.74, 6) is -0.0876. The molecule has 1 aromatic heterocycles. The van der Waals surface area contributed by atoms with E-state index in [0.717, 1.165) is 0 Å². The molecule has 0 bridgehead atoms. The van der Waals surface area contributed by atoms with E-state index in [4.69, 9.17) is 5.41 Å². The second-order valence-electron chi connectivity index (χ2n) is 2.70. The first-order valence-electron chi connectivity index (χ1n) is 3.82. The summed E-state index contributed by atoms with van der Waals surface area (Å²) >= 11 is 0. The molecule has 0 unspecified atom stereocenters. The van der Waals surface area contributed by atoms with Crippen LogP contribution >= 0.6 is 0 Å². The van der Waals surface area contributed by atoms with Crippen molar-refractivity contribution in [3.05, 3.63) is 29.4 Å². The summed E-state index contributed by atoms with van der Waals surface area (Å²) < 4.78 is 1.71. The van der Waals surface area contributed by atoms with Crippen LogP contribution in [0.15, 0.2) is 18.2 Å². The average molecular weight is 163 g/mol. The van der Waals surface area contributed by atoms with Crippen LogP contribution in [0.1, 0.15) is 10.5 Å². The summed E-state index contributed by atoms with van der Waals surface area (Å²) in [5.41, 5.74) is 0.969. The summed E-state index contributed by atoms with van der Waals surface area (Å²) in [4.78, 5) is 11.2. The van der Waals surface area contributed by atoms with Gasteiger partial charge in [-0.15, -0.1) is 0 Å². The number of carbonyl (C=O) groups is 1. The van der Waals surface area contributed by atoms with E-state index >= 15 is 0 Å². The minimum Gasteiger partial charge on any atom is -0.349 e.